The van der Waals surface area contributed by atoms with Crippen molar-refractivity contribution in [3.8, 4) is 0 Å². The summed E-state index contributed by atoms with van der Waals surface area (Å²) in [5.74, 6) is 0.800. The van der Waals surface area contributed by atoms with Crippen LogP contribution in [0.5, 0.6) is 0 Å². The third-order valence-electron chi connectivity index (χ3n) is 3.78. The van der Waals surface area contributed by atoms with Crippen molar-refractivity contribution in [3.05, 3.63) is 0 Å². The summed E-state index contributed by atoms with van der Waals surface area (Å²) < 4.78 is 0. The molecule has 0 aromatic carbocycles. The van der Waals surface area contributed by atoms with Gasteiger partial charge in [0.25, 0.3) is 0 Å². The standard InChI is InChI=1S/C14H29N3O2.2ClH/c1-12(18)10-17-8-5-13(6-9-17)11-16(2)14(19)4-3-7-15;;/h12-13,18H,3-11,15H2,1-2H3;2*1H. The second-order valence-electron chi connectivity index (χ2n) is 5.76. The van der Waals surface area contributed by atoms with Gasteiger partial charge < -0.3 is 20.6 Å². The molecule has 0 spiro atoms. The summed E-state index contributed by atoms with van der Waals surface area (Å²) in [7, 11) is 1.89. The van der Waals surface area contributed by atoms with Crippen molar-refractivity contribution in [2.24, 2.45) is 11.7 Å². The minimum absolute atomic E-state index is 0. The van der Waals surface area contributed by atoms with E-state index in [9.17, 15) is 9.90 Å². The van der Waals surface area contributed by atoms with Gasteiger partial charge in [0.2, 0.25) is 5.91 Å². The number of nitrogens with two attached hydrogens (primary N) is 1. The summed E-state index contributed by atoms with van der Waals surface area (Å²) in [6, 6.07) is 0. The van der Waals surface area contributed by atoms with Gasteiger partial charge in [0.15, 0.2) is 0 Å². The molecule has 1 rings (SSSR count). The molecule has 21 heavy (non-hydrogen) atoms. The van der Waals surface area contributed by atoms with E-state index < -0.39 is 0 Å². The second kappa shape index (κ2) is 12.5. The maximum absolute atomic E-state index is 11.8. The zero-order valence-corrected chi connectivity index (χ0v) is 14.8. The fourth-order valence-electron chi connectivity index (χ4n) is 2.66. The molecule has 0 aliphatic carbocycles. The van der Waals surface area contributed by atoms with E-state index in [1.165, 1.54) is 0 Å². The molecule has 0 aromatic heterocycles. The molecule has 1 aliphatic rings. The summed E-state index contributed by atoms with van der Waals surface area (Å²) in [5, 5.41) is 9.37. The Morgan fingerprint density at radius 2 is 1.95 bits per heavy atom. The monoisotopic (exact) mass is 343 g/mol. The van der Waals surface area contributed by atoms with Gasteiger partial charge >= 0.3 is 0 Å². The van der Waals surface area contributed by atoms with Crippen molar-refractivity contribution in [2.45, 2.75) is 38.7 Å². The van der Waals surface area contributed by atoms with E-state index in [2.05, 4.69) is 4.90 Å². The highest BCUT2D eigenvalue weighted by Gasteiger charge is 2.22. The highest BCUT2D eigenvalue weighted by Crippen LogP contribution is 2.18. The van der Waals surface area contributed by atoms with Gasteiger partial charge in [0, 0.05) is 26.6 Å². The molecule has 1 heterocycles. The van der Waals surface area contributed by atoms with E-state index in [0.717, 1.165) is 45.4 Å². The molecule has 1 atom stereocenters. The molecule has 5 nitrogen and oxygen atoms in total. The number of likely N-dealkylation sites (tertiary alicyclic amines) is 1. The molecule has 0 bridgehead atoms. The SMILES string of the molecule is CC(O)CN1CCC(CN(C)C(=O)CCCN)CC1.Cl.Cl. The van der Waals surface area contributed by atoms with Crippen molar-refractivity contribution >= 4 is 30.7 Å². The molecular formula is C14H31Cl2N3O2. The smallest absolute Gasteiger partial charge is 0.222 e. The highest BCUT2D eigenvalue weighted by atomic mass is 35.5. The maximum Gasteiger partial charge on any atom is 0.222 e. The number of amides is 1. The third kappa shape index (κ3) is 9.53. The van der Waals surface area contributed by atoms with Crippen molar-refractivity contribution in [1.29, 1.82) is 0 Å². The fourth-order valence-corrected chi connectivity index (χ4v) is 2.66. The fraction of sp³-hybridized carbons (Fsp3) is 0.929. The lowest BCUT2D eigenvalue weighted by Crippen LogP contribution is -2.41. The van der Waals surface area contributed by atoms with Crippen LogP contribution in [0, 0.1) is 5.92 Å². The first kappa shape index (κ1) is 23.2. The van der Waals surface area contributed by atoms with E-state index in [0.29, 0.717) is 18.9 Å². The largest absolute Gasteiger partial charge is 0.392 e. The molecule has 1 fully saturated rings. The van der Waals surface area contributed by atoms with Gasteiger partial charge in [0.05, 0.1) is 6.10 Å². The quantitative estimate of drug-likeness (QED) is 0.726. The Balaban J connectivity index is 0. The second-order valence-corrected chi connectivity index (χ2v) is 5.76. The van der Waals surface area contributed by atoms with Crippen molar-refractivity contribution in [3.63, 3.8) is 0 Å². The lowest BCUT2D eigenvalue weighted by molar-refractivity contribution is -0.130. The Bertz CT molecular complexity index is 273. The Morgan fingerprint density at radius 3 is 2.43 bits per heavy atom. The van der Waals surface area contributed by atoms with Gasteiger partial charge in [-0.05, 0) is 51.7 Å². The van der Waals surface area contributed by atoms with Crippen molar-refractivity contribution in [1.82, 2.24) is 9.80 Å². The predicted octanol–water partition coefficient (Wildman–Crippen LogP) is 1.12. The third-order valence-corrected chi connectivity index (χ3v) is 3.78. The van der Waals surface area contributed by atoms with Gasteiger partial charge in [-0.25, -0.2) is 0 Å². The number of hydrogen-bond donors (Lipinski definition) is 2. The number of nitrogens with zero attached hydrogens (tertiary/aromatic N) is 2. The van der Waals surface area contributed by atoms with Crippen LogP contribution in [0.3, 0.4) is 0 Å². The van der Waals surface area contributed by atoms with Crippen molar-refractivity contribution in [2.75, 3.05) is 39.8 Å². The number of aliphatic hydroxyl groups excluding tert-OH is 1. The van der Waals surface area contributed by atoms with Crippen molar-refractivity contribution < 1.29 is 9.90 Å². The molecule has 0 saturated carbocycles. The summed E-state index contributed by atoms with van der Waals surface area (Å²) in [4.78, 5) is 16.0. The van der Waals surface area contributed by atoms with E-state index in [-0.39, 0.29) is 36.8 Å². The molecule has 1 aliphatic heterocycles. The van der Waals surface area contributed by atoms with E-state index in [1.807, 2.05) is 18.9 Å². The van der Waals surface area contributed by atoms with Crippen LogP contribution in [0.1, 0.15) is 32.6 Å². The van der Waals surface area contributed by atoms with Crippen LogP contribution < -0.4 is 5.73 Å². The molecule has 1 amide bonds. The summed E-state index contributed by atoms with van der Waals surface area (Å²) in [5.41, 5.74) is 5.42. The molecule has 3 N–H and O–H groups in total. The highest BCUT2D eigenvalue weighted by molar-refractivity contribution is 5.85. The van der Waals surface area contributed by atoms with Crippen LogP contribution in [-0.4, -0.2) is 66.7 Å². The van der Waals surface area contributed by atoms with E-state index in [4.69, 9.17) is 5.73 Å². The number of carbonyl (C=O) groups excluding carboxylic acids is 1. The summed E-state index contributed by atoms with van der Waals surface area (Å²) >= 11 is 0. The molecular weight excluding hydrogens is 313 g/mol. The number of halogens is 2. The number of β-amino-alcohol motifs (C(OH)–C–C–N with tert-alkyl or cyclic N) is 1. The van der Waals surface area contributed by atoms with Gasteiger partial charge in [-0.3, -0.25) is 4.79 Å². The molecule has 1 unspecified atom stereocenters. The Labute approximate surface area is 141 Å². The van der Waals surface area contributed by atoms with Gasteiger partial charge in [-0.2, -0.15) is 0 Å². The normalized spacial score (nSPS) is 17.5. The molecule has 0 radical (unpaired) electrons. The first-order chi connectivity index (χ1) is 9.02. The zero-order valence-electron chi connectivity index (χ0n) is 13.2. The van der Waals surface area contributed by atoms with E-state index in [1.54, 1.807) is 0 Å². The van der Waals surface area contributed by atoms with Gasteiger partial charge in [-0.15, -0.1) is 24.8 Å². The minimum Gasteiger partial charge on any atom is -0.392 e. The van der Waals surface area contributed by atoms with Crippen LogP contribution >= 0.6 is 24.8 Å². The number of aliphatic hydroxyl groups is 1. The predicted molar refractivity (Wildman–Crippen MR) is 91.3 cm³/mol. The van der Waals surface area contributed by atoms with Crippen LogP contribution in [0.15, 0.2) is 0 Å². The van der Waals surface area contributed by atoms with E-state index >= 15 is 0 Å². The number of piperidine rings is 1. The molecule has 128 valence electrons. The van der Waals surface area contributed by atoms with Crippen LogP contribution in [0.2, 0.25) is 0 Å². The Kier molecular flexibility index (Phi) is 13.8. The number of hydrogen-bond acceptors (Lipinski definition) is 4. The van der Waals surface area contributed by atoms with Gasteiger partial charge in [-0.1, -0.05) is 0 Å². The zero-order chi connectivity index (χ0) is 14.3. The molecule has 7 heteroatoms. The first-order valence-corrected chi connectivity index (χ1v) is 7.37. The van der Waals surface area contributed by atoms with Crippen LogP contribution in [0.25, 0.3) is 0 Å². The number of rotatable bonds is 7. The lowest BCUT2D eigenvalue weighted by Gasteiger charge is -2.34. The van der Waals surface area contributed by atoms with Crippen LogP contribution in [0.4, 0.5) is 0 Å². The average Bonchev–Trinajstić information content (AvgIpc) is 2.37. The first-order valence-electron chi connectivity index (χ1n) is 7.37. The minimum atomic E-state index is -0.253. The Hall–Kier alpha value is -0.0700. The maximum atomic E-state index is 11.8. The topological polar surface area (TPSA) is 69.8 Å². The average molecular weight is 344 g/mol. The number of carbonyl (C=O) groups is 1. The molecule has 1 saturated heterocycles. The molecule has 0 aromatic rings. The lowest BCUT2D eigenvalue weighted by atomic mass is 9.96. The summed E-state index contributed by atoms with van der Waals surface area (Å²) in [6.45, 7) is 6.08. The Morgan fingerprint density at radius 1 is 1.38 bits per heavy atom. The van der Waals surface area contributed by atoms with Crippen LogP contribution in [-0.2, 0) is 4.79 Å². The summed E-state index contributed by atoms with van der Waals surface area (Å²) in [6.07, 6.45) is 3.31. The van der Waals surface area contributed by atoms with Gasteiger partial charge in [0.1, 0.15) is 0 Å².